The fourth-order valence-electron chi connectivity index (χ4n) is 2.80. The highest BCUT2D eigenvalue weighted by Crippen LogP contribution is 2.16. The third-order valence-corrected chi connectivity index (χ3v) is 4.24. The molecule has 3 amide bonds. The molecule has 0 radical (unpaired) electrons. The van der Waals surface area contributed by atoms with Gasteiger partial charge in [0.25, 0.3) is 5.91 Å². The Morgan fingerprint density at radius 2 is 1.78 bits per heavy atom. The van der Waals surface area contributed by atoms with Gasteiger partial charge in [-0.3, -0.25) is 14.6 Å². The first kappa shape index (κ1) is 20.7. The minimum absolute atomic E-state index is 0.0711. The minimum Gasteiger partial charge on any atom is -0.444 e. The Bertz CT molecular complexity index is 649. The lowest BCUT2D eigenvalue weighted by atomic mass is 9.96. The number of amides is 3. The molecule has 0 saturated carbocycles. The molecule has 2 N–H and O–H groups in total. The number of likely N-dealkylation sites (tertiary alicyclic amines) is 1. The molecule has 148 valence electrons. The van der Waals surface area contributed by atoms with Crippen LogP contribution in [0, 0.1) is 5.92 Å². The lowest BCUT2D eigenvalue weighted by molar-refractivity contribution is -0.131. The van der Waals surface area contributed by atoms with E-state index >= 15 is 0 Å². The van der Waals surface area contributed by atoms with E-state index in [1.54, 1.807) is 50.2 Å². The second kappa shape index (κ2) is 9.34. The summed E-state index contributed by atoms with van der Waals surface area (Å²) in [7, 11) is 0. The van der Waals surface area contributed by atoms with E-state index in [1.807, 2.05) is 0 Å². The number of hydrogen-bond donors (Lipinski definition) is 2. The van der Waals surface area contributed by atoms with Gasteiger partial charge in [-0.1, -0.05) is 0 Å². The van der Waals surface area contributed by atoms with Crippen molar-refractivity contribution in [3.05, 3.63) is 30.1 Å². The van der Waals surface area contributed by atoms with E-state index in [0.717, 1.165) is 12.8 Å². The average Bonchev–Trinajstić information content (AvgIpc) is 2.64. The van der Waals surface area contributed by atoms with Crippen molar-refractivity contribution in [3.63, 3.8) is 0 Å². The van der Waals surface area contributed by atoms with Gasteiger partial charge in [-0.05, 0) is 51.7 Å². The molecular formula is C19H28N4O4. The smallest absolute Gasteiger partial charge is 0.408 e. The lowest BCUT2D eigenvalue weighted by Gasteiger charge is -2.32. The Hall–Kier alpha value is -2.64. The first-order valence-corrected chi connectivity index (χ1v) is 9.17. The van der Waals surface area contributed by atoms with Gasteiger partial charge < -0.3 is 20.3 Å². The quantitative estimate of drug-likeness (QED) is 0.812. The molecular weight excluding hydrogens is 348 g/mol. The van der Waals surface area contributed by atoms with Crippen molar-refractivity contribution < 1.29 is 19.1 Å². The normalized spacial score (nSPS) is 15.1. The van der Waals surface area contributed by atoms with Crippen molar-refractivity contribution in [3.8, 4) is 0 Å². The van der Waals surface area contributed by atoms with Gasteiger partial charge in [0.15, 0.2) is 0 Å². The predicted molar refractivity (Wildman–Crippen MR) is 100 cm³/mol. The molecule has 1 aromatic heterocycles. The number of rotatable bonds is 5. The van der Waals surface area contributed by atoms with E-state index in [4.69, 9.17) is 4.74 Å². The zero-order valence-corrected chi connectivity index (χ0v) is 16.2. The molecule has 8 nitrogen and oxygen atoms in total. The molecule has 1 aromatic rings. The molecule has 1 saturated heterocycles. The van der Waals surface area contributed by atoms with Crippen LogP contribution in [0.3, 0.4) is 0 Å². The zero-order chi connectivity index (χ0) is 19.9. The summed E-state index contributed by atoms with van der Waals surface area (Å²) in [6.45, 7) is 7.05. The molecule has 0 bridgehead atoms. The van der Waals surface area contributed by atoms with Crippen LogP contribution in [0.1, 0.15) is 44.0 Å². The molecule has 0 aliphatic carbocycles. The molecule has 1 fully saturated rings. The fourth-order valence-corrected chi connectivity index (χ4v) is 2.80. The van der Waals surface area contributed by atoms with Crippen LogP contribution < -0.4 is 10.6 Å². The van der Waals surface area contributed by atoms with Crippen LogP contribution in [-0.2, 0) is 9.53 Å². The number of alkyl carbamates (subject to hydrolysis) is 1. The summed E-state index contributed by atoms with van der Waals surface area (Å²) in [5.74, 6) is 0.0937. The van der Waals surface area contributed by atoms with Gasteiger partial charge in [-0.15, -0.1) is 0 Å². The SMILES string of the molecule is CC(C)(C)OC(=O)NCC(=O)N1CCC(CNC(=O)c2ccncc2)CC1. The van der Waals surface area contributed by atoms with Gasteiger partial charge >= 0.3 is 6.09 Å². The number of aromatic nitrogens is 1. The summed E-state index contributed by atoms with van der Waals surface area (Å²) in [5.41, 5.74) is -0.00237. The largest absolute Gasteiger partial charge is 0.444 e. The number of piperidine rings is 1. The van der Waals surface area contributed by atoms with Gasteiger partial charge in [0.05, 0.1) is 0 Å². The van der Waals surface area contributed by atoms with Crippen LogP contribution in [0.25, 0.3) is 0 Å². The van der Waals surface area contributed by atoms with Gasteiger partial charge in [0.2, 0.25) is 5.91 Å². The molecule has 2 rings (SSSR count). The topological polar surface area (TPSA) is 101 Å². The maximum Gasteiger partial charge on any atom is 0.408 e. The summed E-state index contributed by atoms with van der Waals surface area (Å²) >= 11 is 0. The highest BCUT2D eigenvalue weighted by atomic mass is 16.6. The molecule has 0 atom stereocenters. The van der Waals surface area contributed by atoms with Crippen molar-refractivity contribution in [1.29, 1.82) is 0 Å². The molecule has 2 heterocycles. The van der Waals surface area contributed by atoms with Crippen molar-refractivity contribution in [2.24, 2.45) is 5.92 Å². The van der Waals surface area contributed by atoms with Crippen LogP contribution in [0.2, 0.25) is 0 Å². The Kier molecular flexibility index (Phi) is 7.15. The molecule has 0 aromatic carbocycles. The van der Waals surface area contributed by atoms with Gasteiger partial charge in [-0.25, -0.2) is 4.79 Å². The van der Waals surface area contributed by atoms with Crippen molar-refractivity contribution in [2.75, 3.05) is 26.2 Å². The molecule has 0 unspecified atom stereocenters. The second-order valence-electron chi connectivity index (χ2n) is 7.63. The van der Waals surface area contributed by atoms with Gasteiger partial charge in [-0.2, -0.15) is 0 Å². The second-order valence-corrected chi connectivity index (χ2v) is 7.63. The molecule has 1 aliphatic rings. The summed E-state index contributed by atoms with van der Waals surface area (Å²) in [6.07, 6.45) is 4.21. The standard InChI is InChI=1S/C19H28N4O4/c1-19(2,3)27-18(26)22-13-16(24)23-10-6-14(7-11-23)12-21-17(25)15-4-8-20-9-5-15/h4-5,8-9,14H,6-7,10-13H2,1-3H3,(H,21,25)(H,22,26). The van der Waals surface area contributed by atoms with E-state index in [0.29, 0.717) is 31.1 Å². The van der Waals surface area contributed by atoms with E-state index in [2.05, 4.69) is 15.6 Å². The predicted octanol–water partition coefficient (Wildman–Crippen LogP) is 1.57. The van der Waals surface area contributed by atoms with Gasteiger partial charge in [0.1, 0.15) is 12.1 Å². The van der Waals surface area contributed by atoms with Crippen molar-refractivity contribution in [2.45, 2.75) is 39.2 Å². The number of carbonyl (C=O) groups excluding carboxylic acids is 3. The number of nitrogens with one attached hydrogen (secondary N) is 2. The van der Waals surface area contributed by atoms with Gasteiger partial charge in [0, 0.05) is 37.6 Å². The zero-order valence-electron chi connectivity index (χ0n) is 16.2. The third kappa shape index (κ3) is 7.24. The maximum absolute atomic E-state index is 12.2. The third-order valence-electron chi connectivity index (χ3n) is 4.24. The van der Waals surface area contributed by atoms with Crippen LogP contribution >= 0.6 is 0 Å². The Labute approximate surface area is 159 Å². The van der Waals surface area contributed by atoms with E-state index in [9.17, 15) is 14.4 Å². The lowest BCUT2D eigenvalue weighted by Crippen LogP contribution is -2.46. The first-order chi connectivity index (χ1) is 12.7. The molecule has 8 heteroatoms. The monoisotopic (exact) mass is 376 g/mol. The maximum atomic E-state index is 12.2. The Morgan fingerprint density at radius 3 is 2.37 bits per heavy atom. The fraction of sp³-hybridized carbons (Fsp3) is 0.579. The summed E-state index contributed by atoms with van der Waals surface area (Å²) < 4.78 is 5.12. The van der Waals surface area contributed by atoms with E-state index < -0.39 is 11.7 Å². The van der Waals surface area contributed by atoms with E-state index in [-0.39, 0.29) is 18.4 Å². The van der Waals surface area contributed by atoms with Crippen LogP contribution in [0.5, 0.6) is 0 Å². The van der Waals surface area contributed by atoms with Crippen LogP contribution in [0.4, 0.5) is 4.79 Å². The average molecular weight is 376 g/mol. The van der Waals surface area contributed by atoms with Crippen molar-refractivity contribution >= 4 is 17.9 Å². The number of ether oxygens (including phenoxy) is 1. The number of hydrogen-bond acceptors (Lipinski definition) is 5. The summed E-state index contributed by atoms with van der Waals surface area (Å²) in [6, 6.07) is 3.35. The molecule has 1 aliphatic heterocycles. The Balaban J connectivity index is 1.66. The number of nitrogens with zero attached hydrogens (tertiary/aromatic N) is 2. The highest BCUT2D eigenvalue weighted by molar-refractivity contribution is 5.93. The number of carbonyl (C=O) groups is 3. The molecule has 0 spiro atoms. The molecule has 27 heavy (non-hydrogen) atoms. The van der Waals surface area contributed by atoms with Crippen LogP contribution in [0.15, 0.2) is 24.5 Å². The van der Waals surface area contributed by atoms with Crippen molar-refractivity contribution in [1.82, 2.24) is 20.5 Å². The van der Waals surface area contributed by atoms with E-state index in [1.165, 1.54) is 0 Å². The summed E-state index contributed by atoms with van der Waals surface area (Å²) in [5, 5.41) is 5.42. The highest BCUT2D eigenvalue weighted by Gasteiger charge is 2.24. The summed E-state index contributed by atoms with van der Waals surface area (Å²) in [4.78, 5) is 41.5. The Morgan fingerprint density at radius 1 is 1.15 bits per heavy atom. The number of pyridine rings is 1. The minimum atomic E-state index is -0.593. The van der Waals surface area contributed by atoms with Crippen LogP contribution in [-0.4, -0.2) is 59.6 Å². The first-order valence-electron chi connectivity index (χ1n) is 9.17.